The molecule has 22 heavy (non-hydrogen) atoms. The molecule has 7 heteroatoms. The fourth-order valence-electron chi connectivity index (χ4n) is 2.07. The Balaban J connectivity index is 0.00000242. The molecule has 1 aromatic carbocycles. The second-order valence-electron chi connectivity index (χ2n) is 5.19. The van der Waals surface area contributed by atoms with Gasteiger partial charge in [-0.1, -0.05) is 6.07 Å². The van der Waals surface area contributed by atoms with Gasteiger partial charge < -0.3 is 27.0 Å². The molecule has 0 aliphatic rings. The van der Waals surface area contributed by atoms with Crippen molar-refractivity contribution in [3.05, 3.63) is 35.5 Å². The third kappa shape index (κ3) is 4.75. The van der Waals surface area contributed by atoms with Gasteiger partial charge in [-0.05, 0) is 23.3 Å². The van der Waals surface area contributed by atoms with E-state index in [1.54, 1.807) is 6.21 Å². The molecule has 6 nitrogen and oxygen atoms in total. The summed E-state index contributed by atoms with van der Waals surface area (Å²) in [6.45, 7) is 1.08. The minimum atomic E-state index is -0.580. The van der Waals surface area contributed by atoms with Crippen molar-refractivity contribution in [3.63, 3.8) is 0 Å². The van der Waals surface area contributed by atoms with Crippen LogP contribution in [-0.4, -0.2) is 45.0 Å². The molecule has 0 atom stereocenters. The molecule has 1 aromatic heterocycles. The number of nitrogens with zero attached hydrogens (tertiary/aromatic N) is 1. The molecule has 2 aromatic rings. The fourth-order valence-corrected chi connectivity index (χ4v) is 2.07. The Morgan fingerprint density at radius 2 is 2.23 bits per heavy atom. The van der Waals surface area contributed by atoms with Crippen LogP contribution in [0.2, 0.25) is 0 Å². The molecule has 0 aliphatic heterocycles. The number of quaternary nitrogens is 1. The molecule has 0 unspecified atom stereocenters. The lowest BCUT2D eigenvalue weighted by Gasteiger charge is -2.06. The highest BCUT2D eigenvalue weighted by Crippen LogP contribution is 2.19. The summed E-state index contributed by atoms with van der Waals surface area (Å²) in [5.41, 5.74) is 5.60. The van der Waals surface area contributed by atoms with Crippen LogP contribution in [0.15, 0.2) is 29.5 Å². The predicted octanol–water partition coefficient (Wildman–Crippen LogP) is -2.45. The fraction of sp³-hybridized carbons (Fsp3) is 0.333. The summed E-state index contributed by atoms with van der Waals surface area (Å²) >= 11 is 0. The number of aromatic amines is 1. The van der Waals surface area contributed by atoms with Crippen LogP contribution in [0.1, 0.15) is 11.1 Å². The number of carbonyl (C=O) groups excluding carboxylic acids is 1. The number of benzene rings is 1. The number of carbonyl (C=O) groups is 1. The van der Waals surface area contributed by atoms with Gasteiger partial charge in [-0.25, -0.2) is 10.2 Å². The van der Waals surface area contributed by atoms with Gasteiger partial charge in [0, 0.05) is 23.5 Å². The Morgan fingerprint density at radius 1 is 1.45 bits per heavy atom. The van der Waals surface area contributed by atoms with E-state index >= 15 is 0 Å². The normalized spacial score (nSPS) is 10.9. The van der Waals surface area contributed by atoms with Gasteiger partial charge in [0.25, 0.3) is 0 Å². The molecular formula is C15H21ClN4O2. The smallest absolute Gasteiger partial charge is 0.427 e. The van der Waals surface area contributed by atoms with Crippen LogP contribution < -0.4 is 22.7 Å². The lowest BCUT2D eigenvalue weighted by molar-refractivity contribution is -0.858. The molecule has 0 aliphatic carbocycles. The first kappa shape index (κ1) is 18.0. The van der Waals surface area contributed by atoms with E-state index < -0.39 is 6.09 Å². The molecule has 0 radical (unpaired) electrons. The maximum Gasteiger partial charge on any atom is 0.427 e. The minimum absolute atomic E-state index is 0. The summed E-state index contributed by atoms with van der Waals surface area (Å²) in [6.07, 6.45) is 4.10. The lowest BCUT2D eigenvalue weighted by Crippen LogP contribution is -3.05. The minimum Gasteiger partial charge on any atom is -1.00 e. The summed E-state index contributed by atoms with van der Waals surface area (Å²) in [6, 6.07) is 6.03. The lowest BCUT2D eigenvalue weighted by atomic mass is 10.1. The molecule has 1 amide bonds. The number of nitrogens with one attached hydrogen (secondary N) is 3. The van der Waals surface area contributed by atoms with Crippen LogP contribution in [0.5, 0.6) is 0 Å². The predicted molar refractivity (Wildman–Crippen MR) is 82.8 cm³/mol. The molecule has 0 spiro atoms. The van der Waals surface area contributed by atoms with Crippen LogP contribution in [0.25, 0.3) is 10.9 Å². The van der Waals surface area contributed by atoms with Crippen LogP contribution in [-0.2, 0) is 11.2 Å². The maximum atomic E-state index is 10.9. The molecule has 0 saturated heterocycles. The van der Waals surface area contributed by atoms with E-state index in [2.05, 4.69) is 46.6 Å². The van der Waals surface area contributed by atoms with Crippen molar-refractivity contribution in [2.75, 3.05) is 27.7 Å². The Kier molecular flexibility index (Phi) is 6.88. The summed E-state index contributed by atoms with van der Waals surface area (Å²) in [5.74, 6) is 0. The van der Waals surface area contributed by atoms with E-state index in [1.165, 1.54) is 23.0 Å². The van der Waals surface area contributed by atoms with Crippen molar-refractivity contribution in [3.8, 4) is 0 Å². The van der Waals surface area contributed by atoms with Crippen molar-refractivity contribution in [1.29, 1.82) is 0 Å². The third-order valence-corrected chi connectivity index (χ3v) is 3.24. The Labute approximate surface area is 135 Å². The third-order valence-electron chi connectivity index (χ3n) is 3.24. The van der Waals surface area contributed by atoms with E-state index in [1.807, 2.05) is 12.1 Å². The van der Waals surface area contributed by atoms with Crippen LogP contribution in [0.4, 0.5) is 4.79 Å². The second kappa shape index (κ2) is 8.41. The van der Waals surface area contributed by atoms with Gasteiger partial charge in [0.05, 0.1) is 34.0 Å². The van der Waals surface area contributed by atoms with E-state index in [-0.39, 0.29) is 12.4 Å². The van der Waals surface area contributed by atoms with E-state index in [4.69, 9.17) is 0 Å². The topological polar surface area (TPSA) is 70.9 Å². The number of hydrazone groups is 1. The van der Waals surface area contributed by atoms with Crippen molar-refractivity contribution in [2.45, 2.75) is 6.42 Å². The number of likely N-dealkylation sites (N-methyl/N-ethyl adjacent to an activating group) is 1. The van der Waals surface area contributed by atoms with E-state index in [0.717, 1.165) is 24.0 Å². The van der Waals surface area contributed by atoms with Gasteiger partial charge in [-0.3, -0.25) is 0 Å². The number of aromatic nitrogens is 1. The quantitative estimate of drug-likeness (QED) is 0.422. The number of methoxy groups -OCH3 is 1. The number of amides is 1. The highest BCUT2D eigenvalue weighted by molar-refractivity contribution is 5.91. The Morgan fingerprint density at radius 3 is 2.91 bits per heavy atom. The summed E-state index contributed by atoms with van der Waals surface area (Å²) in [7, 11) is 5.59. The molecule has 0 saturated carbocycles. The Hall–Kier alpha value is -2.05. The number of ether oxygens (including phenoxy) is 1. The number of halogens is 1. The number of fused-ring (bicyclic) bond motifs is 1. The molecule has 0 fully saturated rings. The van der Waals surface area contributed by atoms with Gasteiger partial charge in [0.1, 0.15) is 0 Å². The second-order valence-corrected chi connectivity index (χ2v) is 5.19. The number of hydrogen-bond acceptors (Lipinski definition) is 3. The SMILES string of the molecule is COC(=O)NN=Cc1ccc2[nH]cc(CC[NH+](C)C)c2c1.[Cl-]. The number of hydrogen-bond donors (Lipinski definition) is 3. The first-order valence-corrected chi connectivity index (χ1v) is 6.86. The van der Waals surface area contributed by atoms with Crippen LogP contribution in [0, 0.1) is 0 Å². The summed E-state index contributed by atoms with van der Waals surface area (Å²) < 4.78 is 4.45. The number of rotatable bonds is 5. The Bertz CT molecular complexity index is 652. The zero-order valence-electron chi connectivity index (χ0n) is 12.9. The molecular weight excluding hydrogens is 304 g/mol. The number of H-pyrrole nitrogens is 1. The zero-order chi connectivity index (χ0) is 15.2. The molecule has 2 rings (SSSR count). The average molecular weight is 325 g/mol. The van der Waals surface area contributed by atoms with Crippen molar-refractivity contribution < 1.29 is 26.8 Å². The van der Waals surface area contributed by atoms with Gasteiger partial charge in [-0.15, -0.1) is 0 Å². The standard InChI is InChI=1S/C15H20N4O2.ClH/c1-19(2)7-6-12-10-16-14-5-4-11(8-13(12)14)9-17-18-15(20)21-3;/h4-5,8-10,16H,6-7H2,1-3H3,(H,18,20);1H. The van der Waals surface area contributed by atoms with Gasteiger partial charge in [0.2, 0.25) is 0 Å². The average Bonchev–Trinajstić information content (AvgIpc) is 2.87. The first-order chi connectivity index (χ1) is 10.1. The van der Waals surface area contributed by atoms with Crippen molar-refractivity contribution in [1.82, 2.24) is 10.4 Å². The highest BCUT2D eigenvalue weighted by Gasteiger charge is 2.06. The molecule has 0 bridgehead atoms. The van der Waals surface area contributed by atoms with Gasteiger partial charge in [-0.2, -0.15) is 5.10 Å². The van der Waals surface area contributed by atoms with Crippen LogP contribution >= 0.6 is 0 Å². The van der Waals surface area contributed by atoms with Crippen molar-refractivity contribution >= 4 is 23.2 Å². The maximum absolute atomic E-state index is 10.9. The monoisotopic (exact) mass is 324 g/mol. The van der Waals surface area contributed by atoms with E-state index in [9.17, 15) is 4.79 Å². The zero-order valence-corrected chi connectivity index (χ0v) is 13.7. The largest absolute Gasteiger partial charge is 1.00 e. The van der Waals surface area contributed by atoms with Crippen LogP contribution in [0.3, 0.4) is 0 Å². The molecule has 120 valence electrons. The highest BCUT2D eigenvalue weighted by atomic mass is 35.5. The van der Waals surface area contributed by atoms with E-state index in [0.29, 0.717) is 0 Å². The summed E-state index contributed by atoms with van der Waals surface area (Å²) in [4.78, 5) is 15.6. The first-order valence-electron chi connectivity index (χ1n) is 6.86. The van der Waals surface area contributed by atoms with Gasteiger partial charge in [0.15, 0.2) is 0 Å². The van der Waals surface area contributed by atoms with Crippen molar-refractivity contribution in [2.24, 2.45) is 5.10 Å². The molecule has 3 N–H and O–H groups in total. The molecule has 1 heterocycles. The van der Waals surface area contributed by atoms with Gasteiger partial charge >= 0.3 is 6.09 Å². The summed E-state index contributed by atoms with van der Waals surface area (Å²) in [5, 5.41) is 5.04.